The number of methoxy groups -OCH3 is 1. The molecule has 0 aliphatic carbocycles. The molecule has 2 atom stereocenters. The zero-order valence-electron chi connectivity index (χ0n) is 6.63. The minimum Gasteiger partial charge on any atom is -0.382 e. The number of ether oxygens (including phenoxy) is 2. The summed E-state index contributed by atoms with van der Waals surface area (Å²) in [5, 5.41) is 0. The fraction of sp³-hybridized carbons (Fsp3) is 0.667. The molecule has 0 spiro atoms. The Bertz CT molecular complexity index is 181. The second kappa shape index (κ2) is 5.22. The lowest BCUT2D eigenvalue weighted by Crippen LogP contribution is -2.16. The van der Waals surface area contributed by atoms with Crippen LogP contribution in [0.5, 0.6) is 0 Å². The molecule has 0 amide bonds. The van der Waals surface area contributed by atoms with Crippen LogP contribution in [0.1, 0.15) is 0 Å². The highest BCUT2D eigenvalue weighted by molar-refractivity contribution is 7.33. The van der Waals surface area contributed by atoms with Crippen molar-refractivity contribution >= 4 is 8.25 Å². The smallest absolute Gasteiger partial charge is 0.382 e. The van der Waals surface area contributed by atoms with Crippen LogP contribution in [0, 0.1) is 0 Å². The molecule has 1 heterocycles. The van der Waals surface area contributed by atoms with Crippen LogP contribution in [-0.4, -0.2) is 26.6 Å². The maximum Gasteiger partial charge on any atom is 0.752 e. The first-order valence-corrected chi connectivity index (χ1v) is 4.50. The van der Waals surface area contributed by atoms with E-state index in [1.54, 1.807) is 7.11 Å². The van der Waals surface area contributed by atoms with Crippen LogP contribution < -0.4 is 0 Å². The van der Waals surface area contributed by atoms with Gasteiger partial charge in [-0.2, -0.15) is 0 Å². The minimum absolute atomic E-state index is 0.397. The largest absolute Gasteiger partial charge is 0.752 e. The highest BCUT2D eigenvalue weighted by atomic mass is 31.1. The van der Waals surface area contributed by atoms with Gasteiger partial charge in [0.2, 0.25) is 6.29 Å². The Labute approximate surface area is 71.2 Å². The molecule has 1 aliphatic rings. The Kier molecular flexibility index (Phi) is 4.18. The van der Waals surface area contributed by atoms with E-state index < -0.39 is 14.5 Å². The van der Waals surface area contributed by atoms with Crippen LogP contribution in [0.25, 0.3) is 0 Å². The lowest BCUT2D eigenvalue weighted by molar-refractivity contribution is -0.0677. The first-order chi connectivity index (χ1) is 5.83. The van der Waals surface area contributed by atoms with E-state index in [1.807, 2.05) is 0 Å². The molecule has 0 saturated carbocycles. The molecule has 6 heteroatoms. The van der Waals surface area contributed by atoms with Crippen LogP contribution in [0.2, 0.25) is 0 Å². The van der Waals surface area contributed by atoms with E-state index >= 15 is 0 Å². The summed E-state index contributed by atoms with van der Waals surface area (Å²) in [7, 11) is -0.480. The molecular weight excluding hydrogens is 183 g/mol. The first-order valence-electron chi connectivity index (χ1n) is 3.41. The van der Waals surface area contributed by atoms with Crippen molar-refractivity contribution in [1.29, 1.82) is 0 Å². The van der Waals surface area contributed by atoms with Crippen molar-refractivity contribution in [3.05, 3.63) is 12.3 Å². The topological polar surface area (TPSA) is 54.0 Å². The Balaban J connectivity index is 2.19. The molecule has 0 N–H and O–H groups in total. The molecule has 0 aromatic heterocycles. The molecule has 5 nitrogen and oxygen atoms in total. The second-order valence-electron chi connectivity index (χ2n) is 1.99. The monoisotopic (exact) mass is 193 g/mol. The minimum atomic E-state index is -2.05. The van der Waals surface area contributed by atoms with Crippen molar-refractivity contribution in [2.24, 2.45) is 0 Å². The van der Waals surface area contributed by atoms with Gasteiger partial charge < -0.3 is 9.47 Å². The summed E-state index contributed by atoms with van der Waals surface area (Å²) in [5.41, 5.74) is 0. The number of rotatable bonds is 4. The van der Waals surface area contributed by atoms with Crippen LogP contribution in [-0.2, 0) is 23.1 Å². The Morgan fingerprint density at radius 2 is 2.42 bits per heavy atom. The van der Waals surface area contributed by atoms with Crippen molar-refractivity contribution in [3.63, 3.8) is 0 Å². The third kappa shape index (κ3) is 3.28. The summed E-state index contributed by atoms with van der Waals surface area (Å²) in [4.78, 5) is 0. The van der Waals surface area contributed by atoms with Gasteiger partial charge in [0.15, 0.2) is 6.26 Å². The van der Waals surface area contributed by atoms with Crippen molar-refractivity contribution < 1.29 is 23.1 Å². The van der Waals surface area contributed by atoms with E-state index in [9.17, 15) is 4.57 Å². The van der Waals surface area contributed by atoms with E-state index in [-0.39, 0.29) is 0 Å². The predicted octanol–water partition coefficient (Wildman–Crippen LogP) is 1.19. The summed E-state index contributed by atoms with van der Waals surface area (Å²) < 4.78 is 29.8. The van der Waals surface area contributed by atoms with Crippen molar-refractivity contribution in [2.75, 3.05) is 20.3 Å². The predicted molar refractivity (Wildman–Crippen MR) is 40.5 cm³/mol. The molecule has 0 saturated heterocycles. The molecule has 0 radical (unpaired) electrons. The Morgan fingerprint density at radius 1 is 1.58 bits per heavy atom. The van der Waals surface area contributed by atoms with Gasteiger partial charge in [-0.25, -0.2) is 4.52 Å². The van der Waals surface area contributed by atoms with Gasteiger partial charge in [-0.05, 0) is 0 Å². The van der Waals surface area contributed by atoms with E-state index in [0.717, 1.165) is 0 Å². The highest BCUT2D eigenvalue weighted by Crippen LogP contribution is 2.30. The summed E-state index contributed by atoms with van der Waals surface area (Å²) in [6.07, 6.45) is 2.25. The quantitative estimate of drug-likeness (QED) is 0.495. The maximum atomic E-state index is 10.6. The van der Waals surface area contributed by atoms with Crippen LogP contribution in [0.15, 0.2) is 12.3 Å². The van der Waals surface area contributed by atoms with Crippen molar-refractivity contribution in [3.8, 4) is 0 Å². The standard InChI is InChI=1S/C6H10O5P/c1-8-4-5-9-6-2-3-10-12(7)11-6/h2-3,6H,4-5H2,1H3/q+1. The van der Waals surface area contributed by atoms with Gasteiger partial charge in [0.25, 0.3) is 0 Å². The Hall–Kier alpha value is -0.480. The lowest BCUT2D eigenvalue weighted by Gasteiger charge is -2.08. The van der Waals surface area contributed by atoms with E-state index in [2.05, 4.69) is 4.52 Å². The summed E-state index contributed by atoms with van der Waals surface area (Å²) in [6, 6.07) is 0. The van der Waals surface area contributed by atoms with Gasteiger partial charge in [0.05, 0.1) is 13.2 Å². The number of hydrogen-bond acceptors (Lipinski definition) is 5. The molecule has 0 fully saturated rings. The summed E-state index contributed by atoms with van der Waals surface area (Å²) >= 11 is 0. The molecular formula is C6H10O5P+. The zero-order valence-corrected chi connectivity index (χ0v) is 7.53. The second-order valence-corrected chi connectivity index (χ2v) is 2.86. The number of hydrogen-bond donors (Lipinski definition) is 0. The van der Waals surface area contributed by atoms with Gasteiger partial charge in [-0.15, -0.1) is 0 Å². The third-order valence-electron chi connectivity index (χ3n) is 1.14. The molecule has 68 valence electrons. The van der Waals surface area contributed by atoms with Crippen LogP contribution in [0.3, 0.4) is 0 Å². The van der Waals surface area contributed by atoms with Crippen molar-refractivity contribution in [2.45, 2.75) is 6.29 Å². The lowest BCUT2D eigenvalue weighted by atomic mass is 10.6. The van der Waals surface area contributed by atoms with Gasteiger partial charge in [0.1, 0.15) is 0 Å². The third-order valence-corrected chi connectivity index (χ3v) is 1.82. The summed E-state index contributed by atoms with van der Waals surface area (Å²) in [5.74, 6) is 0. The molecule has 1 aliphatic heterocycles. The molecule has 12 heavy (non-hydrogen) atoms. The molecule has 0 aromatic carbocycles. The SMILES string of the molecule is COCCOC1C=CO[P+](=O)O1. The zero-order chi connectivity index (χ0) is 8.81. The average molecular weight is 193 g/mol. The van der Waals surface area contributed by atoms with Crippen molar-refractivity contribution in [1.82, 2.24) is 0 Å². The molecule has 1 rings (SSSR count). The normalized spacial score (nSPS) is 25.4. The highest BCUT2D eigenvalue weighted by Gasteiger charge is 2.30. The molecule has 0 aromatic rings. The maximum absolute atomic E-state index is 10.6. The molecule has 2 unspecified atom stereocenters. The van der Waals surface area contributed by atoms with E-state index in [0.29, 0.717) is 13.2 Å². The average Bonchev–Trinajstić information content (AvgIpc) is 2.05. The van der Waals surface area contributed by atoms with E-state index in [1.165, 1.54) is 12.3 Å². The first kappa shape index (κ1) is 9.61. The van der Waals surface area contributed by atoms with E-state index in [4.69, 9.17) is 14.0 Å². The Morgan fingerprint density at radius 3 is 3.08 bits per heavy atom. The van der Waals surface area contributed by atoms with Gasteiger partial charge in [-0.3, -0.25) is 0 Å². The van der Waals surface area contributed by atoms with Crippen LogP contribution in [0.4, 0.5) is 0 Å². The van der Waals surface area contributed by atoms with Gasteiger partial charge >= 0.3 is 8.25 Å². The van der Waals surface area contributed by atoms with Crippen LogP contribution >= 0.6 is 8.25 Å². The molecule has 0 bridgehead atoms. The fourth-order valence-corrected chi connectivity index (χ4v) is 1.15. The van der Waals surface area contributed by atoms with Gasteiger partial charge in [-0.1, -0.05) is 4.52 Å². The summed E-state index contributed by atoms with van der Waals surface area (Å²) in [6.45, 7) is 0.875. The fourth-order valence-electron chi connectivity index (χ4n) is 0.627. The van der Waals surface area contributed by atoms with Gasteiger partial charge in [0, 0.05) is 17.8 Å².